The van der Waals surface area contributed by atoms with Gasteiger partial charge in [0, 0.05) is 23.4 Å². The summed E-state index contributed by atoms with van der Waals surface area (Å²) in [5.41, 5.74) is 2.04. The van der Waals surface area contributed by atoms with Crippen molar-refractivity contribution in [3.8, 4) is 11.5 Å². The number of hydrogen-bond donors (Lipinski definition) is 2. The van der Waals surface area contributed by atoms with E-state index in [4.69, 9.17) is 4.52 Å². The van der Waals surface area contributed by atoms with E-state index in [1.54, 1.807) is 11.3 Å². The number of carbonyl (C=O) groups excluding carboxylic acids is 1. The predicted octanol–water partition coefficient (Wildman–Crippen LogP) is 3.40. The summed E-state index contributed by atoms with van der Waals surface area (Å²) in [5, 5.41) is 11.6. The van der Waals surface area contributed by atoms with Crippen LogP contribution in [0.15, 0.2) is 46.3 Å². The van der Waals surface area contributed by atoms with Crippen molar-refractivity contribution in [2.24, 2.45) is 0 Å². The third-order valence-electron chi connectivity index (χ3n) is 3.69. The molecule has 2 heterocycles. The fraction of sp³-hybridized carbons (Fsp3) is 0.278. The Bertz CT molecular complexity index is 797. The highest BCUT2D eigenvalue weighted by atomic mass is 32.1. The largest absolute Gasteiger partial charge is 0.338 e. The molecular formula is C18H20N4O2S. The lowest BCUT2D eigenvalue weighted by atomic mass is 10.1. The van der Waals surface area contributed by atoms with Crippen molar-refractivity contribution in [1.82, 2.24) is 20.8 Å². The van der Waals surface area contributed by atoms with Crippen molar-refractivity contribution in [3.05, 3.63) is 58.0 Å². The molecule has 6 nitrogen and oxygen atoms in total. The quantitative estimate of drug-likeness (QED) is 0.680. The SMILES string of the molecule is CCc1noc(-c2ccc(CCNC(=O)NCc3cccs3)cc2)n1. The van der Waals surface area contributed by atoms with Gasteiger partial charge in [0.15, 0.2) is 5.82 Å². The number of thiophene rings is 1. The van der Waals surface area contributed by atoms with E-state index in [1.165, 1.54) is 0 Å². The first-order chi connectivity index (χ1) is 12.2. The summed E-state index contributed by atoms with van der Waals surface area (Å²) in [5.74, 6) is 1.24. The molecule has 0 aliphatic carbocycles. The first kappa shape index (κ1) is 17.2. The van der Waals surface area contributed by atoms with E-state index in [2.05, 4.69) is 20.8 Å². The van der Waals surface area contributed by atoms with Crippen molar-refractivity contribution in [1.29, 1.82) is 0 Å². The van der Waals surface area contributed by atoms with Crippen LogP contribution in [0.25, 0.3) is 11.5 Å². The van der Waals surface area contributed by atoms with E-state index in [0.29, 0.717) is 24.8 Å². The summed E-state index contributed by atoms with van der Waals surface area (Å²) in [6.07, 6.45) is 1.51. The van der Waals surface area contributed by atoms with Gasteiger partial charge in [-0.1, -0.05) is 30.3 Å². The lowest BCUT2D eigenvalue weighted by Gasteiger charge is -2.07. The van der Waals surface area contributed by atoms with E-state index in [0.717, 1.165) is 28.8 Å². The summed E-state index contributed by atoms with van der Waals surface area (Å²) in [6.45, 7) is 3.12. The summed E-state index contributed by atoms with van der Waals surface area (Å²) >= 11 is 1.63. The first-order valence-electron chi connectivity index (χ1n) is 8.20. The molecule has 7 heteroatoms. The lowest BCUT2D eigenvalue weighted by Crippen LogP contribution is -2.35. The van der Waals surface area contributed by atoms with Gasteiger partial charge in [-0.05, 0) is 35.6 Å². The fourth-order valence-corrected chi connectivity index (χ4v) is 2.94. The average Bonchev–Trinajstić information content (AvgIpc) is 3.32. The predicted molar refractivity (Wildman–Crippen MR) is 97.4 cm³/mol. The van der Waals surface area contributed by atoms with Gasteiger partial charge in [0.25, 0.3) is 5.89 Å². The smallest absolute Gasteiger partial charge is 0.315 e. The zero-order chi connectivity index (χ0) is 17.5. The van der Waals surface area contributed by atoms with Crippen LogP contribution in [0.1, 0.15) is 23.2 Å². The highest BCUT2D eigenvalue weighted by Gasteiger charge is 2.07. The zero-order valence-electron chi connectivity index (χ0n) is 14.0. The molecule has 0 aliphatic heterocycles. The third kappa shape index (κ3) is 4.90. The number of nitrogens with one attached hydrogen (secondary N) is 2. The van der Waals surface area contributed by atoms with Gasteiger partial charge in [-0.2, -0.15) is 4.98 Å². The second kappa shape index (κ2) is 8.43. The van der Waals surface area contributed by atoms with E-state index < -0.39 is 0 Å². The van der Waals surface area contributed by atoms with E-state index >= 15 is 0 Å². The average molecular weight is 356 g/mol. The monoisotopic (exact) mass is 356 g/mol. The van der Waals surface area contributed by atoms with Crippen LogP contribution in [0, 0.1) is 0 Å². The van der Waals surface area contributed by atoms with Gasteiger partial charge in [-0.3, -0.25) is 0 Å². The third-order valence-corrected chi connectivity index (χ3v) is 4.56. The molecule has 0 fully saturated rings. The van der Waals surface area contributed by atoms with Crippen molar-refractivity contribution < 1.29 is 9.32 Å². The molecular weight excluding hydrogens is 336 g/mol. The van der Waals surface area contributed by atoms with Gasteiger partial charge in [0.05, 0.1) is 6.54 Å². The molecule has 2 amide bonds. The minimum atomic E-state index is -0.150. The number of urea groups is 1. The van der Waals surface area contributed by atoms with Crippen molar-refractivity contribution >= 4 is 17.4 Å². The van der Waals surface area contributed by atoms with Crippen LogP contribution < -0.4 is 10.6 Å². The number of benzene rings is 1. The number of rotatable bonds is 7. The minimum Gasteiger partial charge on any atom is -0.338 e. The van der Waals surface area contributed by atoms with Crippen LogP contribution >= 0.6 is 11.3 Å². The molecule has 25 heavy (non-hydrogen) atoms. The van der Waals surface area contributed by atoms with Crippen molar-refractivity contribution in [3.63, 3.8) is 0 Å². The highest BCUT2D eigenvalue weighted by molar-refractivity contribution is 7.09. The number of nitrogens with zero attached hydrogens (tertiary/aromatic N) is 2. The number of amides is 2. The minimum absolute atomic E-state index is 0.150. The molecule has 2 aromatic heterocycles. The maximum Gasteiger partial charge on any atom is 0.315 e. The Morgan fingerprint density at radius 3 is 2.72 bits per heavy atom. The maximum absolute atomic E-state index is 11.8. The second-order valence-electron chi connectivity index (χ2n) is 5.51. The van der Waals surface area contributed by atoms with Gasteiger partial charge < -0.3 is 15.2 Å². The van der Waals surface area contributed by atoms with Crippen LogP contribution in [0.2, 0.25) is 0 Å². The van der Waals surface area contributed by atoms with Gasteiger partial charge >= 0.3 is 6.03 Å². The molecule has 0 aliphatic rings. The number of aromatic nitrogens is 2. The Morgan fingerprint density at radius 2 is 2.04 bits per heavy atom. The molecule has 3 aromatic rings. The van der Waals surface area contributed by atoms with Gasteiger partial charge in [-0.15, -0.1) is 11.3 Å². The standard InChI is InChI=1S/C18H20N4O2S/c1-2-16-21-17(24-22-16)14-7-5-13(6-8-14)9-10-19-18(23)20-12-15-4-3-11-25-15/h3-8,11H,2,9-10,12H2,1H3,(H2,19,20,23). The topological polar surface area (TPSA) is 80.0 Å². The van der Waals surface area contributed by atoms with Crippen LogP contribution in [-0.4, -0.2) is 22.7 Å². The van der Waals surface area contributed by atoms with Gasteiger partial charge in [0.1, 0.15) is 0 Å². The molecule has 0 unspecified atom stereocenters. The molecule has 130 valence electrons. The van der Waals surface area contributed by atoms with Gasteiger partial charge in [-0.25, -0.2) is 4.79 Å². The van der Waals surface area contributed by atoms with Crippen molar-refractivity contribution in [2.45, 2.75) is 26.3 Å². The van der Waals surface area contributed by atoms with Crippen LogP contribution in [-0.2, 0) is 19.4 Å². The lowest BCUT2D eigenvalue weighted by molar-refractivity contribution is 0.240. The van der Waals surface area contributed by atoms with E-state index in [-0.39, 0.29) is 6.03 Å². The van der Waals surface area contributed by atoms with Crippen LogP contribution in [0.4, 0.5) is 4.79 Å². The summed E-state index contributed by atoms with van der Waals surface area (Å²) in [4.78, 5) is 17.2. The van der Waals surface area contributed by atoms with Crippen LogP contribution in [0.3, 0.4) is 0 Å². The Labute approximate surface area is 150 Å². The molecule has 1 aromatic carbocycles. The Kier molecular flexibility index (Phi) is 5.79. The second-order valence-corrected chi connectivity index (χ2v) is 6.54. The number of carbonyl (C=O) groups is 1. The summed E-state index contributed by atoms with van der Waals surface area (Å²) < 4.78 is 5.23. The molecule has 0 bridgehead atoms. The van der Waals surface area contributed by atoms with E-state index in [9.17, 15) is 4.79 Å². The Morgan fingerprint density at radius 1 is 1.20 bits per heavy atom. The molecule has 0 radical (unpaired) electrons. The molecule has 0 saturated carbocycles. The Hall–Kier alpha value is -2.67. The molecule has 2 N–H and O–H groups in total. The summed E-state index contributed by atoms with van der Waals surface area (Å²) in [7, 11) is 0. The number of aryl methyl sites for hydroxylation is 1. The Balaban J connectivity index is 1.43. The fourth-order valence-electron chi connectivity index (χ4n) is 2.29. The summed E-state index contributed by atoms with van der Waals surface area (Å²) in [6, 6.07) is 11.8. The molecule has 0 atom stereocenters. The van der Waals surface area contributed by atoms with E-state index in [1.807, 2.05) is 48.7 Å². The van der Waals surface area contributed by atoms with Crippen LogP contribution in [0.5, 0.6) is 0 Å². The highest BCUT2D eigenvalue weighted by Crippen LogP contribution is 2.18. The normalized spacial score (nSPS) is 10.6. The number of hydrogen-bond acceptors (Lipinski definition) is 5. The zero-order valence-corrected chi connectivity index (χ0v) is 14.8. The molecule has 3 rings (SSSR count). The van der Waals surface area contributed by atoms with Crippen molar-refractivity contribution in [2.75, 3.05) is 6.54 Å². The maximum atomic E-state index is 11.8. The first-order valence-corrected chi connectivity index (χ1v) is 9.08. The molecule has 0 spiro atoms. The molecule has 0 saturated heterocycles. The van der Waals surface area contributed by atoms with Gasteiger partial charge in [0.2, 0.25) is 0 Å².